The van der Waals surface area contributed by atoms with E-state index >= 15 is 0 Å². The number of anilines is 3. The predicted molar refractivity (Wildman–Crippen MR) is 158 cm³/mol. The number of aromatic nitrogens is 3. The third-order valence-electron chi connectivity index (χ3n) is 8.80. The highest BCUT2D eigenvalue weighted by molar-refractivity contribution is 5.92. The van der Waals surface area contributed by atoms with Gasteiger partial charge in [-0.2, -0.15) is 0 Å². The first-order chi connectivity index (χ1) is 19.5. The first-order valence-corrected chi connectivity index (χ1v) is 14.9. The summed E-state index contributed by atoms with van der Waals surface area (Å²) in [6.07, 6.45) is 11.1. The van der Waals surface area contributed by atoms with E-state index < -0.39 is 0 Å². The number of hydrogen-bond acceptors (Lipinski definition) is 8. The van der Waals surface area contributed by atoms with Crippen LogP contribution in [0, 0.1) is 12.8 Å². The van der Waals surface area contributed by atoms with Gasteiger partial charge in [0, 0.05) is 69.6 Å². The number of amides is 1. The zero-order valence-electron chi connectivity index (χ0n) is 23.8. The number of likely N-dealkylation sites (N-methyl/N-ethyl adjacent to an activating group) is 1. The number of pyridine rings is 1. The molecule has 1 aromatic carbocycles. The fourth-order valence-corrected chi connectivity index (χ4v) is 6.25. The largest absolute Gasteiger partial charge is 0.490 e. The molecule has 4 heterocycles. The number of aryl methyl sites for hydroxylation is 1. The molecule has 1 N–H and O–H groups in total. The van der Waals surface area contributed by atoms with Gasteiger partial charge in [-0.1, -0.05) is 12.8 Å². The second kappa shape index (κ2) is 12.0. The molecule has 0 radical (unpaired) electrons. The second-order valence-electron chi connectivity index (χ2n) is 11.7. The number of piperazine rings is 1. The normalized spacial score (nSPS) is 19.4. The summed E-state index contributed by atoms with van der Waals surface area (Å²) in [5.74, 6) is 3.57. The first kappa shape index (κ1) is 26.7. The van der Waals surface area contributed by atoms with E-state index in [0.717, 1.165) is 98.1 Å². The second-order valence-corrected chi connectivity index (χ2v) is 11.7. The van der Waals surface area contributed by atoms with Gasteiger partial charge in [-0.15, -0.1) is 0 Å². The molecule has 0 bridgehead atoms. The van der Waals surface area contributed by atoms with Crippen LogP contribution in [0.2, 0.25) is 0 Å². The maximum atomic E-state index is 12.7. The van der Waals surface area contributed by atoms with Gasteiger partial charge in [-0.25, -0.2) is 15.0 Å². The number of nitrogens with one attached hydrogen (secondary N) is 1. The summed E-state index contributed by atoms with van der Waals surface area (Å²) < 4.78 is 6.40. The minimum absolute atomic E-state index is 0.138. The number of piperidine rings is 1. The van der Waals surface area contributed by atoms with Crippen LogP contribution in [0.4, 0.5) is 17.3 Å². The van der Waals surface area contributed by atoms with Gasteiger partial charge in [0.25, 0.3) is 0 Å². The van der Waals surface area contributed by atoms with Crippen LogP contribution in [0.15, 0.2) is 36.8 Å². The maximum absolute atomic E-state index is 12.7. The molecule has 9 heteroatoms. The van der Waals surface area contributed by atoms with Gasteiger partial charge in [-0.3, -0.25) is 4.79 Å². The smallest absolute Gasteiger partial charge is 0.222 e. The van der Waals surface area contributed by atoms with Crippen LogP contribution in [-0.2, 0) is 4.79 Å². The lowest BCUT2D eigenvalue weighted by molar-refractivity contribution is -0.134. The molecule has 1 aliphatic carbocycles. The molecule has 3 aliphatic rings. The molecular formula is C31H41N7O2. The summed E-state index contributed by atoms with van der Waals surface area (Å²) in [5, 5.41) is 4.46. The van der Waals surface area contributed by atoms with Gasteiger partial charge in [0.15, 0.2) is 0 Å². The van der Waals surface area contributed by atoms with Crippen LogP contribution in [-0.4, -0.2) is 83.1 Å². The molecule has 1 amide bonds. The van der Waals surface area contributed by atoms with Crippen molar-refractivity contribution in [2.45, 2.75) is 58.0 Å². The number of ether oxygens (including phenoxy) is 1. The Morgan fingerprint density at radius 1 is 0.975 bits per heavy atom. The molecule has 0 atom stereocenters. The summed E-state index contributed by atoms with van der Waals surface area (Å²) in [6, 6.07) is 8.28. The van der Waals surface area contributed by atoms with Gasteiger partial charge in [0.2, 0.25) is 5.91 Å². The SMILES string of the molecule is Cc1cc(Nc2ncnc3cnc(N4CCN(C)CC4)cc23)ccc1OC1CCN(C(=O)CC2CCCC2)CC1. The van der Waals surface area contributed by atoms with Crippen LogP contribution >= 0.6 is 0 Å². The number of likely N-dealkylation sites (tertiary alicyclic amines) is 1. The molecule has 2 aliphatic heterocycles. The Bertz CT molecular complexity index is 1330. The molecule has 212 valence electrons. The van der Waals surface area contributed by atoms with Crippen LogP contribution in [0.5, 0.6) is 5.75 Å². The Kier molecular flexibility index (Phi) is 8.00. The van der Waals surface area contributed by atoms with Crippen molar-refractivity contribution in [3.05, 3.63) is 42.4 Å². The lowest BCUT2D eigenvalue weighted by Crippen LogP contribution is -2.44. The Morgan fingerprint density at radius 2 is 1.75 bits per heavy atom. The van der Waals surface area contributed by atoms with E-state index in [9.17, 15) is 4.79 Å². The van der Waals surface area contributed by atoms with Crippen molar-refractivity contribution in [1.82, 2.24) is 24.8 Å². The predicted octanol–water partition coefficient (Wildman–Crippen LogP) is 4.78. The van der Waals surface area contributed by atoms with Crippen LogP contribution < -0.4 is 15.0 Å². The van der Waals surface area contributed by atoms with Gasteiger partial charge in [0.05, 0.1) is 11.7 Å². The number of carbonyl (C=O) groups excluding carboxylic acids is 1. The molecule has 0 unspecified atom stereocenters. The number of rotatable bonds is 7. The third-order valence-corrected chi connectivity index (χ3v) is 8.80. The molecule has 3 aromatic rings. The van der Waals surface area contributed by atoms with Crippen LogP contribution in [0.25, 0.3) is 10.9 Å². The summed E-state index contributed by atoms with van der Waals surface area (Å²) in [5.41, 5.74) is 2.85. The van der Waals surface area contributed by atoms with E-state index in [4.69, 9.17) is 4.74 Å². The number of hydrogen-bond donors (Lipinski definition) is 1. The lowest BCUT2D eigenvalue weighted by Gasteiger charge is -2.33. The monoisotopic (exact) mass is 543 g/mol. The molecule has 9 nitrogen and oxygen atoms in total. The summed E-state index contributed by atoms with van der Waals surface area (Å²) in [4.78, 5) is 33.1. The van der Waals surface area contributed by atoms with E-state index in [2.05, 4.69) is 61.1 Å². The fraction of sp³-hybridized carbons (Fsp3) is 0.548. The minimum atomic E-state index is 0.138. The molecule has 40 heavy (non-hydrogen) atoms. The molecule has 1 saturated carbocycles. The van der Waals surface area contributed by atoms with E-state index in [1.807, 2.05) is 18.3 Å². The Balaban J connectivity index is 1.08. The van der Waals surface area contributed by atoms with Crippen LogP contribution in [0.1, 0.15) is 50.5 Å². The molecule has 6 rings (SSSR count). The van der Waals surface area contributed by atoms with Crippen molar-refractivity contribution >= 4 is 34.1 Å². The molecule has 3 fully saturated rings. The fourth-order valence-electron chi connectivity index (χ4n) is 6.25. The van der Waals surface area contributed by atoms with Crippen molar-refractivity contribution in [2.75, 3.05) is 56.5 Å². The highest BCUT2D eigenvalue weighted by Gasteiger charge is 2.27. The van der Waals surface area contributed by atoms with Crippen molar-refractivity contribution < 1.29 is 9.53 Å². The van der Waals surface area contributed by atoms with Crippen molar-refractivity contribution in [3.63, 3.8) is 0 Å². The van der Waals surface area contributed by atoms with Gasteiger partial charge >= 0.3 is 0 Å². The molecule has 0 spiro atoms. The van der Waals surface area contributed by atoms with E-state index in [-0.39, 0.29) is 6.10 Å². The van der Waals surface area contributed by atoms with E-state index in [1.54, 1.807) is 6.33 Å². The van der Waals surface area contributed by atoms with Crippen LogP contribution in [0.3, 0.4) is 0 Å². The number of fused-ring (bicyclic) bond motifs is 1. The zero-order chi connectivity index (χ0) is 27.5. The van der Waals surface area contributed by atoms with E-state index in [0.29, 0.717) is 11.8 Å². The van der Waals surface area contributed by atoms with Gasteiger partial charge in [0.1, 0.15) is 29.8 Å². The molecule has 2 aromatic heterocycles. The number of carbonyl (C=O) groups is 1. The Morgan fingerprint density at radius 3 is 2.50 bits per heavy atom. The Labute approximate surface area is 236 Å². The lowest BCUT2D eigenvalue weighted by atomic mass is 10.0. The Hall–Kier alpha value is -3.46. The molecule has 2 saturated heterocycles. The van der Waals surface area contributed by atoms with Crippen molar-refractivity contribution in [1.29, 1.82) is 0 Å². The summed E-state index contributed by atoms with van der Waals surface area (Å²) in [7, 11) is 2.16. The summed E-state index contributed by atoms with van der Waals surface area (Å²) in [6.45, 7) is 7.64. The minimum Gasteiger partial charge on any atom is -0.490 e. The quantitative estimate of drug-likeness (QED) is 0.456. The van der Waals surface area contributed by atoms with Crippen molar-refractivity contribution in [2.24, 2.45) is 5.92 Å². The third kappa shape index (κ3) is 6.14. The summed E-state index contributed by atoms with van der Waals surface area (Å²) >= 11 is 0. The van der Waals surface area contributed by atoms with Gasteiger partial charge in [-0.05, 0) is 62.6 Å². The first-order valence-electron chi connectivity index (χ1n) is 14.9. The maximum Gasteiger partial charge on any atom is 0.222 e. The highest BCUT2D eigenvalue weighted by atomic mass is 16.5. The number of nitrogens with zero attached hydrogens (tertiary/aromatic N) is 6. The van der Waals surface area contributed by atoms with Gasteiger partial charge < -0.3 is 24.8 Å². The zero-order valence-corrected chi connectivity index (χ0v) is 23.8. The molecular weight excluding hydrogens is 502 g/mol. The van der Waals surface area contributed by atoms with E-state index in [1.165, 1.54) is 25.7 Å². The average Bonchev–Trinajstić information content (AvgIpc) is 3.48. The van der Waals surface area contributed by atoms with Crippen molar-refractivity contribution in [3.8, 4) is 5.75 Å². The average molecular weight is 544 g/mol. The number of benzene rings is 1. The standard InChI is InChI=1S/C31H41N7O2/c1-22-17-24(7-8-28(22)40-25-9-11-38(12-10-25)30(39)18-23-5-3-4-6-23)35-31-26-19-29(32-20-27(26)33-21-34-31)37-15-13-36(2)14-16-37/h7-8,17,19-21,23,25H,3-6,9-16,18H2,1-2H3,(H,33,34,35). The topological polar surface area (TPSA) is 86.7 Å². The highest BCUT2D eigenvalue weighted by Crippen LogP contribution is 2.31.